The minimum absolute atomic E-state index is 0.209. The van der Waals surface area contributed by atoms with E-state index in [0.717, 1.165) is 0 Å². The van der Waals surface area contributed by atoms with Crippen LogP contribution in [0.1, 0.15) is 34.6 Å². The summed E-state index contributed by atoms with van der Waals surface area (Å²) in [6.45, 7) is 13.8. The van der Waals surface area contributed by atoms with Crippen molar-refractivity contribution in [1.29, 1.82) is 0 Å². The van der Waals surface area contributed by atoms with Crippen LogP contribution in [0.3, 0.4) is 0 Å². The van der Waals surface area contributed by atoms with Crippen molar-refractivity contribution in [2.24, 2.45) is 21.4 Å². The van der Waals surface area contributed by atoms with E-state index in [1.54, 1.807) is 13.3 Å². The van der Waals surface area contributed by atoms with Gasteiger partial charge in [-0.25, -0.2) is 0 Å². The van der Waals surface area contributed by atoms with Crippen molar-refractivity contribution in [3.63, 3.8) is 0 Å². The van der Waals surface area contributed by atoms with Crippen LogP contribution in [0, 0.1) is 11.3 Å². The van der Waals surface area contributed by atoms with E-state index < -0.39 is 0 Å². The molecule has 0 aromatic carbocycles. The van der Waals surface area contributed by atoms with Gasteiger partial charge in [0.15, 0.2) is 5.17 Å². The maximum atomic E-state index is 12.5. The zero-order valence-corrected chi connectivity index (χ0v) is 13.8. The van der Waals surface area contributed by atoms with Crippen LogP contribution >= 0.6 is 11.8 Å². The van der Waals surface area contributed by atoms with Gasteiger partial charge in [0, 0.05) is 18.8 Å². The molecule has 0 aliphatic heterocycles. The third kappa shape index (κ3) is 5.59. The Morgan fingerprint density at radius 3 is 2.21 bits per heavy atom. The second-order valence-corrected chi connectivity index (χ2v) is 6.34. The molecule has 0 radical (unpaired) electrons. The summed E-state index contributed by atoms with van der Waals surface area (Å²) in [5.74, 6) is 0.0533. The molecule has 19 heavy (non-hydrogen) atoms. The van der Waals surface area contributed by atoms with Crippen molar-refractivity contribution in [3.05, 3.63) is 12.2 Å². The second kappa shape index (κ2) is 7.48. The first kappa shape index (κ1) is 17.9. The van der Waals surface area contributed by atoms with Gasteiger partial charge in [-0.3, -0.25) is 9.79 Å². The van der Waals surface area contributed by atoms with E-state index in [1.165, 1.54) is 16.8 Å². The highest BCUT2D eigenvalue weighted by molar-refractivity contribution is 8.13. The van der Waals surface area contributed by atoms with Crippen molar-refractivity contribution in [1.82, 2.24) is 5.01 Å². The van der Waals surface area contributed by atoms with Crippen LogP contribution in [-0.2, 0) is 4.79 Å². The van der Waals surface area contributed by atoms with Gasteiger partial charge in [-0.05, 0) is 17.6 Å². The van der Waals surface area contributed by atoms with E-state index in [1.807, 2.05) is 40.9 Å². The van der Waals surface area contributed by atoms with Crippen LogP contribution in [0.25, 0.3) is 0 Å². The largest absolute Gasteiger partial charge is 0.276 e. The van der Waals surface area contributed by atoms with E-state index in [9.17, 15) is 4.79 Å². The lowest BCUT2D eigenvalue weighted by Crippen LogP contribution is -2.35. The zero-order chi connectivity index (χ0) is 15.2. The number of amides is 1. The molecule has 0 heterocycles. The van der Waals surface area contributed by atoms with Crippen molar-refractivity contribution < 1.29 is 4.79 Å². The number of hydrazone groups is 1. The number of carbonyl (C=O) groups is 1. The molecule has 0 aliphatic rings. The molecular formula is C14H25N3OS. The molecule has 0 aromatic rings. The normalized spacial score (nSPS) is 13.2. The summed E-state index contributed by atoms with van der Waals surface area (Å²) in [7, 11) is 1.65. The first-order valence-corrected chi connectivity index (χ1v) is 7.46. The summed E-state index contributed by atoms with van der Waals surface area (Å²) in [6.07, 6.45) is 3.60. The smallest absolute Gasteiger partial charge is 0.267 e. The number of hydrogen-bond acceptors (Lipinski definition) is 4. The van der Waals surface area contributed by atoms with Gasteiger partial charge in [0.05, 0.1) is 0 Å². The van der Waals surface area contributed by atoms with E-state index in [0.29, 0.717) is 10.7 Å². The van der Waals surface area contributed by atoms with Crippen LogP contribution in [0.2, 0.25) is 0 Å². The molecule has 0 unspecified atom stereocenters. The average molecular weight is 283 g/mol. The molecule has 4 nitrogen and oxygen atoms in total. The third-order valence-electron chi connectivity index (χ3n) is 2.39. The Kier molecular flexibility index (Phi) is 7.05. The Labute approximate surface area is 121 Å². The fourth-order valence-corrected chi connectivity index (χ4v) is 1.60. The van der Waals surface area contributed by atoms with E-state index >= 15 is 0 Å². The summed E-state index contributed by atoms with van der Waals surface area (Å²) in [6, 6.07) is 0. The average Bonchev–Trinajstić information content (AvgIpc) is 2.31. The van der Waals surface area contributed by atoms with E-state index in [4.69, 9.17) is 0 Å². The number of nitrogens with zero attached hydrogens (tertiary/aromatic N) is 3. The van der Waals surface area contributed by atoms with Crippen LogP contribution in [0.4, 0.5) is 0 Å². The Morgan fingerprint density at radius 1 is 1.37 bits per heavy atom. The molecule has 0 saturated carbocycles. The van der Waals surface area contributed by atoms with Gasteiger partial charge in [-0.2, -0.15) is 10.1 Å². The van der Waals surface area contributed by atoms with E-state index in [2.05, 4.69) is 16.7 Å². The maximum Gasteiger partial charge on any atom is 0.276 e. The van der Waals surface area contributed by atoms with Gasteiger partial charge in [0.1, 0.15) is 0 Å². The summed E-state index contributed by atoms with van der Waals surface area (Å²) in [5, 5.41) is 6.14. The van der Waals surface area contributed by atoms with Crippen LogP contribution in [0.15, 0.2) is 22.2 Å². The van der Waals surface area contributed by atoms with Crippen LogP contribution < -0.4 is 0 Å². The maximum absolute atomic E-state index is 12.5. The standard InChI is InChI=1S/C14H25N3OS/c1-10(2)9-16-17(13(15-7)19-8)12(18)11(3)14(4,5)6/h9-10H,3H2,1-2,4-8H3/b15-13?,16-9+. The summed E-state index contributed by atoms with van der Waals surface area (Å²) in [5.41, 5.74) is 0.226. The topological polar surface area (TPSA) is 45.0 Å². The third-order valence-corrected chi connectivity index (χ3v) is 3.11. The van der Waals surface area contributed by atoms with E-state index in [-0.39, 0.29) is 17.2 Å². The number of carbonyl (C=O) groups excluding carboxylic acids is 1. The highest BCUT2D eigenvalue weighted by atomic mass is 32.2. The monoisotopic (exact) mass is 283 g/mol. The predicted molar refractivity (Wildman–Crippen MR) is 85.6 cm³/mol. The number of thioether (sulfide) groups is 1. The molecular weight excluding hydrogens is 258 g/mol. The van der Waals surface area contributed by atoms with Gasteiger partial charge < -0.3 is 0 Å². The summed E-state index contributed by atoms with van der Waals surface area (Å²) in [4.78, 5) is 16.6. The molecule has 0 spiro atoms. The predicted octanol–water partition coefficient (Wildman–Crippen LogP) is 3.41. The number of rotatable bonds is 3. The Morgan fingerprint density at radius 2 is 1.89 bits per heavy atom. The van der Waals surface area contributed by atoms with Crippen molar-refractivity contribution in [3.8, 4) is 0 Å². The lowest BCUT2D eigenvalue weighted by Gasteiger charge is -2.25. The first-order valence-electron chi connectivity index (χ1n) is 6.23. The highest BCUT2D eigenvalue weighted by Gasteiger charge is 2.28. The molecule has 0 saturated heterocycles. The van der Waals surface area contributed by atoms with Gasteiger partial charge in [0.25, 0.3) is 5.91 Å². The van der Waals surface area contributed by atoms with Gasteiger partial charge in [0.2, 0.25) is 0 Å². The second-order valence-electron chi connectivity index (χ2n) is 5.56. The van der Waals surface area contributed by atoms with Crippen molar-refractivity contribution in [2.45, 2.75) is 34.6 Å². The Hall–Kier alpha value is -1.10. The first-order chi connectivity index (χ1) is 8.65. The molecule has 1 amide bonds. The van der Waals surface area contributed by atoms with Crippen LogP contribution in [-0.4, -0.2) is 35.6 Å². The lowest BCUT2D eigenvalue weighted by atomic mass is 9.87. The van der Waals surface area contributed by atoms with Gasteiger partial charge in [-0.15, -0.1) is 0 Å². The molecule has 108 valence electrons. The fourth-order valence-electron chi connectivity index (χ4n) is 1.11. The van der Waals surface area contributed by atoms with Crippen molar-refractivity contribution in [2.75, 3.05) is 13.3 Å². The van der Waals surface area contributed by atoms with Gasteiger partial charge in [-0.1, -0.05) is 53.0 Å². The molecule has 0 aromatic heterocycles. The molecule has 0 rings (SSSR count). The minimum Gasteiger partial charge on any atom is -0.267 e. The quantitative estimate of drug-likeness (QED) is 0.345. The SMILES string of the molecule is C=C(C(=O)N(/N=C/C(C)C)C(=NC)SC)C(C)(C)C. The minimum atomic E-state index is -0.292. The molecule has 0 N–H and O–H groups in total. The Bertz CT molecular complexity index is 392. The number of amidine groups is 1. The fraction of sp³-hybridized carbons (Fsp3) is 0.643. The van der Waals surface area contributed by atoms with Crippen LogP contribution in [0.5, 0.6) is 0 Å². The molecule has 5 heteroatoms. The van der Waals surface area contributed by atoms with Gasteiger partial charge >= 0.3 is 0 Å². The van der Waals surface area contributed by atoms with Crippen molar-refractivity contribution >= 4 is 29.1 Å². The zero-order valence-electron chi connectivity index (χ0n) is 13.0. The summed E-state index contributed by atoms with van der Waals surface area (Å²) >= 11 is 1.39. The Balaban J connectivity index is 5.38. The lowest BCUT2D eigenvalue weighted by molar-refractivity contribution is -0.124. The highest BCUT2D eigenvalue weighted by Crippen LogP contribution is 2.26. The number of hydrogen-bond donors (Lipinski definition) is 0. The molecule has 0 bridgehead atoms. The molecule has 0 aliphatic carbocycles. The summed E-state index contributed by atoms with van der Waals surface area (Å²) < 4.78 is 0. The molecule has 0 atom stereocenters. The molecule has 0 fully saturated rings. The number of aliphatic imine (C=N–C) groups is 1.